The number of carbonyl (C=O) groups is 1. The van der Waals surface area contributed by atoms with Crippen molar-refractivity contribution in [1.82, 2.24) is 0 Å². The van der Waals surface area contributed by atoms with Crippen LogP contribution < -0.4 is 4.74 Å². The van der Waals surface area contributed by atoms with Crippen LogP contribution in [-0.2, 0) is 0 Å². The molecule has 3 rings (SSSR count). The Morgan fingerprint density at radius 1 is 1.39 bits per heavy atom. The molecule has 0 radical (unpaired) electrons. The summed E-state index contributed by atoms with van der Waals surface area (Å²) >= 11 is 0. The molecule has 0 bridgehead atoms. The van der Waals surface area contributed by atoms with E-state index >= 15 is 0 Å². The number of furan rings is 1. The van der Waals surface area contributed by atoms with Crippen molar-refractivity contribution >= 4 is 11.9 Å². The minimum atomic E-state index is -0.343. The first-order chi connectivity index (χ1) is 11.1. The highest BCUT2D eigenvalue weighted by molar-refractivity contribution is 6.14. The topological polar surface area (TPSA) is 63.2 Å². The van der Waals surface area contributed by atoms with Crippen molar-refractivity contribution in [1.29, 1.82) is 5.26 Å². The van der Waals surface area contributed by atoms with Gasteiger partial charge in [-0.05, 0) is 36.6 Å². The molecule has 0 amide bonds. The van der Waals surface area contributed by atoms with E-state index < -0.39 is 0 Å². The van der Waals surface area contributed by atoms with Crippen LogP contribution in [0.1, 0.15) is 41.1 Å². The number of nitriles is 1. The Morgan fingerprint density at radius 3 is 2.83 bits per heavy atom. The van der Waals surface area contributed by atoms with Crippen LogP contribution >= 0.6 is 0 Å². The van der Waals surface area contributed by atoms with E-state index in [1.54, 1.807) is 30.3 Å². The molecule has 0 unspecified atom stereocenters. The van der Waals surface area contributed by atoms with Crippen molar-refractivity contribution in [2.45, 2.75) is 19.3 Å². The molecule has 2 aromatic rings. The van der Waals surface area contributed by atoms with Gasteiger partial charge in [0, 0.05) is 17.6 Å². The SMILES string of the molecule is COc1cccc(C(=O)/C(C#N)=C/c2ccc([C@H]3C[C@@H]3C)o2)c1. The first-order valence-electron chi connectivity index (χ1n) is 7.52. The van der Waals surface area contributed by atoms with Crippen LogP contribution in [0.3, 0.4) is 0 Å². The summed E-state index contributed by atoms with van der Waals surface area (Å²) < 4.78 is 10.8. The summed E-state index contributed by atoms with van der Waals surface area (Å²) in [5.41, 5.74) is 0.461. The molecule has 0 N–H and O–H groups in total. The lowest BCUT2D eigenvalue weighted by Gasteiger charge is -2.02. The van der Waals surface area contributed by atoms with Gasteiger partial charge in [-0.3, -0.25) is 4.79 Å². The number of ketones is 1. The highest BCUT2D eigenvalue weighted by Crippen LogP contribution is 2.47. The first kappa shape index (κ1) is 15.1. The Morgan fingerprint density at radius 2 is 2.17 bits per heavy atom. The molecule has 1 saturated carbocycles. The fourth-order valence-electron chi connectivity index (χ4n) is 2.57. The van der Waals surface area contributed by atoms with Gasteiger partial charge < -0.3 is 9.15 Å². The van der Waals surface area contributed by atoms with Crippen molar-refractivity contribution < 1.29 is 13.9 Å². The molecule has 0 spiro atoms. The minimum absolute atomic E-state index is 0.0444. The molecule has 1 heterocycles. The zero-order valence-electron chi connectivity index (χ0n) is 13.1. The fourth-order valence-corrected chi connectivity index (χ4v) is 2.57. The van der Waals surface area contributed by atoms with Gasteiger partial charge in [-0.15, -0.1) is 0 Å². The van der Waals surface area contributed by atoms with Gasteiger partial charge in [0.25, 0.3) is 0 Å². The number of benzene rings is 1. The number of Topliss-reactive ketones (excluding diaryl/α,β-unsaturated/α-hetero) is 1. The molecular formula is C19H17NO3. The molecule has 4 heteroatoms. The number of rotatable bonds is 5. The Bertz CT molecular complexity index is 810. The van der Waals surface area contributed by atoms with E-state index in [0.717, 1.165) is 12.2 Å². The van der Waals surface area contributed by atoms with Gasteiger partial charge in [-0.1, -0.05) is 19.1 Å². The maximum atomic E-state index is 12.5. The zero-order valence-corrected chi connectivity index (χ0v) is 13.1. The summed E-state index contributed by atoms with van der Waals surface area (Å²) in [6.45, 7) is 2.18. The smallest absolute Gasteiger partial charge is 0.203 e. The maximum absolute atomic E-state index is 12.5. The third-order valence-corrected chi connectivity index (χ3v) is 4.11. The normalized spacial score (nSPS) is 20.0. The van der Waals surface area contributed by atoms with Crippen LogP contribution in [-0.4, -0.2) is 12.9 Å². The van der Waals surface area contributed by atoms with Gasteiger partial charge in [0.1, 0.15) is 28.9 Å². The molecule has 1 aliphatic carbocycles. The summed E-state index contributed by atoms with van der Waals surface area (Å²) in [5, 5.41) is 9.30. The maximum Gasteiger partial charge on any atom is 0.203 e. The number of ether oxygens (including phenoxy) is 1. The fraction of sp³-hybridized carbons (Fsp3) is 0.263. The highest BCUT2D eigenvalue weighted by Gasteiger charge is 2.36. The molecule has 0 aliphatic heterocycles. The number of hydrogen-bond donors (Lipinski definition) is 0. The molecule has 2 atom stereocenters. The monoisotopic (exact) mass is 307 g/mol. The van der Waals surface area contributed by atoms with Crippen molar-refractivity contribution in [3.05, 3.63) is 59.1 Å². The molecular weight excluding hydrogens is 290 g/mol. The number of allylic oxidation sites excluding steroid dienone is 1. The first-order valence-corrected chi connectivity index (χ1v) is 7.52. The summed E-state index contributed by atoms with van der Waals surface area (Å²) in [5.74, 6) is 2.81. The molecule has 1 aromatic carbocycles. The molecule has 23 heavy (non-hydrogen) atoms. The molecule has 1 fully saturated rings. The van der Waals surface area contributed by atoms with E-state index in [1.807, 2.05) is 12.1 Å². The minimum Gasteiger partial charge on any atom is -0.497 e. The summed E-state index contributed by atoms with van der Waals surface area (Å²) in [6.07, 6.45) is 2.63. The van der Waals surface area contributed by atoms with E-state index in [0.29, 0.717) is 28.9 Å². The number of nitrogens with zero attached hydrogens (tertiary/aromatic N) is 1. The molecule has 4 nitrogen and oxygen atoms in total. The Kier molecular flexibility index (Phi) is 4.03. The lowest BCUT2D eigenvalue weighted by atomic mass is 10.0. The molecule has 116 valence electrons. The van der Waals surface area contributed by atoms with Crippen molar-refractivity contribution in [2.24, 2.45) is 5.92 Å². The largest absolute Gasteiger partial charge is 0.497 e. The van der Waals surface area contributed by atoms with E-state index in [4.69, 9.17) is 9.15 Å². The van der Waals surface area contributed by atoms with Crippen LogP contribution in [0, 0.1) is 17.2 Å². The van der Waals surface area contributed by atoms with Crippen LogP contribution in [0.2, 0.25) is 0 Å². The van der Waals surface area contributed by atoms with Crippen LogP contribution in [0.25, 0.3) is 6.08 Å². The van der Waals surface area contributed by atoms with Crippen molar-refractivity contribution in [2.75, 3.05) is 7.11 Å². The lowest BCUT2D eigenvalue weighted by Crippen LogP contribution is -2.02. The van der Waals surface area contributed by atoms with E-state index in [9.17, 15) is 10.1 Å². The van der Waals surface area contributed by atoms with Crippen LogP contribution in [0.5, 0.6) is 5.75 Å². The molecule has 1 aliphatic rings. The van der Waals surface area contributed by atoms with Gasteiger partial charge >= 0.3 is 0 Å². The summed E-state index contributed by atoms with van der Waals surface area (Å²) in [7, 11) is 1.54. The van der Waals surface area contributed by atoms with Gasteiger partial charge in [-0.2, -0.15) is 5.26 Å². The Hall–Kier alpha value is -2.80. The predicted octanol–water partition coefficient (Wildman–Crippen LogP) is 4.20. The van der Waals surface area contributed by atoms with Gasteiger partial charge in [0.15, 0.2) is 0 Å². The van der Waals surface area contributed by atoms with Gasteiger partial charge in [-0.25, -0.2) is 0 Å². The Balaban J connectivity index is 1.85. The standard InChI is InChI=1S/C19H17NO3/c1-12-8-17(12)18-7-6-16(23-18)10-14(11-20)19(21)13-4-3-5-15(9-13)22-2/h3-7,9-10,12,17H,8H2,1-2H3/b14-10+/t12-,17-/m0/s1. The van der Waals surface area contributed by atoms with Gasteiger partial charge in [0.05, 0.1) is 7.11 Å². The lowest BCUT2D eigenvalue weighted by molar-refractivity contribution is 0.103. The third-order valence-electron chi connectivity index (χ3n) is 4.11. The number of carbonyl (C=O) groups excluding carboxylic acids is 1. The summed E-state index contributed by atoms with van der Waals surface area (Å²) in [6, 6.07) is 12.4. The zero-order chi connectivity index (χ0) is 16.4. The highest BCUT2D eigenvalue weighted by atomic mass is 16.5. The van der Waals surface area contributed by atoms with Crippen molar-refractivity contribution in [3.8, 4) is 11.8 Å². The molecule has 0 saturated heterocycles. The number of hydrogen-bond acceptors (Lipinski definition) is 4. The van der Waals surface area contributed by atoms with E-state index in [2.05, 4.69) is 6.92 Å². The predicted molar refractivity (Wildman–Crippen MR) is 86.1 cm³/mol. The van der Waals surface area contributed by atoms with E-state index in [-0.39, 0.29) is 11.4 Å². The van der Waals surface area contributed by atoms with Crippen molar-refractivity contribution in [3.63, 3.8) is 0 Å². The average molecular weight is 307 g/mol. The number of methoxy groups -OCH3 is 1. The van der Waals surface area contributed by atoms with Crippen LogP contribution in [0.15, 0.2) is 46.4 Å². The molecule has 1 aromatic heterocycles. The van der Waals surface area contributed by atoms with Crippen LogP contribution in [0.4, 0.5) is 0 Å². The second kappa shape index (κ2) is 6.13. The van der Waals surface area contributed by atoms with Gasteiger partial charge in [0.2, 0.25) is 5.78 Å². The second-order valence-electron chi connectivity index (χ2n) is 5.79. The second-order valence-corrected chi connectivity index (χ2v) is 5.79. The quantitative estimate of drug-likeness (QED) is 0.472. The summed E-state index contributed by atoms with van der Waals surface area (Å²) in [4.78, 5) is 12.5. The Labute approximate surface area is 135 Å². The average Bonchev–Trinajstić information content (AvgIpc) is 3.13. The third kappa shape index (κ3) is 3.19. The van der Waals surface area contributed by atoms with E-state index in [1.165, 1.54) is 13.2 Å².